The standard InChI is InChI=1S/C20H25NO/c1-20(2,3)15-17-11-8-12-18(13-17)21(4)19(22)14-16-9-6-5-7-10-16/h5-13H,14-15H2,1-4H3. The molecule has 0 atom stereocenters. The summed E-state index contributed by atoms with van der Waals surface area (Å²) in [6.45, 7) is 6.68. The second-order valence-corrected chi connectivity index (χ2v) is 7.02. The third kappa shape index (κ3) is 4.73. The van der Waals surface area contributed by atoms with Crippen LogP contribution in [-0.4, -0.2) is 13.0 Å². The molecule has 0 heterocycles. The van der Waals surface area contributed by atoms with Crippen LogP contribution in [0.15, 0.2) is 54.6 Å². The lowest BCUT2D eigenvalue weighted by Crippen LogP contribution is -2.28. The molecule has 22 heavy (non-hydrogen) atoms. The Morgan fingerprint density at radius 1 is 0.955 bits per heavy atom. The van der Waals surface area contributed by atoms with Crippen molar-refractivity contribution in [3.63, 3.8) is 0 Å². The number of hydrogen-bond acceptors (Lipinski definition) is 1. The van der Waals surface area contributed by atoms with Gasteiger partial charge in [0.2, 0.25) is 5.91 Å². The summed E-state index contributed by atoms with van der Waals surface area (Å²) >= 11 is 0. The summed E-state index contributed by atoms with van der Waals surface area (Å²) in [5.41, 5.74) is 3.52. The molecule has 0 aliphatic carbocycles. The van der Waals surface area contributed by atoms with Crippen molar-refractivity contribution in [2.45, 2.75) is 33.6 Å². The van der Waals surface area contributed by atoms with E-state index in [4.69, 9.17) is 0 Å². The first-order valence-corrected chi connectivity index (χ1v) is 7.74. The molecule has 0 N–H and O–H groups in total. The van der Waals surface area contributed by atoms with E-state index in [9.17, 15) is 4.79 Å². The highest BCUT2D eigenvalue weighted by atomic mass is 16.2. The topological polar surface area (TPSA) is 20.3 Å². The molecule has 116 valence electrons. The van der Waals surface area contributed by atoms with Gasteiger partial charge in [0, 0.05) is 12.7 Å². The van der Waals surface area contributed by atoms with Gasteiger partial charge in [0.05, 0.1) is 6.42 Å². The first-order valence-electron chi connectivity index (χ1n) is 7.74. The largest absolute Gasteiger partial charge is 0.315 e. The number of anilines is 1. The number of carbonyl (C=O) groups excluding carboxylic acids is 1. The van der Waals surface area contributed by atoms with Crippen LogP contribution in [-0.2, 0) is 17.6 Å². The quantitative estimate of drug-likeness (QED) is 0.814. The van der Waals surface area contributed by atoms with E-state index in [1.165, 1.54) is 5.56 Å². The SMILES string of the molecule is CN(C(=O)Cc1ccccc1)c1cccc(CC(C)(C)C)c1. The highest BCUT2D eigenvalue weighted by molar-refractivity contribution is 5.94. The number of benzene rings is 2. The summed E-state index contributed by atoms with van der Waals surface area (Å²) in [5, 5.41) is 0. The third-order valence-electron chi connectivity index (χ3n) is 3.60. The van der Waals surface area contributed by atoms with Crippen molar-refractivity contribution in [1.29, 1.82) is 0 Å². The summed E-state index contributed by atoms with van der Waals surface area (Å²) in [6.07, 6.45) is 1.43. The van der Waals surface area contributed by atoms with E-state index in [1.54, 1.807) is 4.90 Å². The van der Waals surface area contributed by atoms with Gasteiger partial charge in [-0.15, -0.1) is 0 Å². The van der Waals surface area contributed by atoms with E-state index < -0.39 is 0 Å². The molecule has 0 radical (unpaired) electrons. The molecule has 0 fully saturated rings. The molecule has 0 saturated carbocycles. The van der Waals surface area contributed by atoms with Crippen LogP contribution in [0, 0.1) is 5.41 Å². The Labute approximate surface area is 133 Å². The zero-order valence-corrected chi connectivity index (χ0v) is 14.0. The first kappa shape index (κ1) is 16.3. The van der Waals surface area contributed by atoms with Gasteiger partial charge in [-0.3, -0.25) is 4.79 Å². The molecular formula is C20H25NO. The smallest absolute Gasteiger partial charge is 0.231 e. The van der Waals surface area contributed by atoms with Crippen molar-refractivity contribution in [3.05, 3.63) is 65.7 Å². The number of nitrogens with zero attached hydrogens (tertiary/aromatic N) is 1. The first-order chi connectivity index (χ1) is 10.3. The molecule has 0 aromatic heterocycles. The summed E-state index contributed by atoms with van der Waals surface area (Å²) in [5.74, 6) is 0.110. The van der Waals surface area contributed by atoms with E-state index in [2.05, 4.69) is 32.9 Å². The van der Waals surface area contributed by atoms with Crippen molar-refractivity contribution >= 4 is 11.6 Å². The lowest BCUT2D eigenvalue weighted by atomic mass is 9.88. The number of rotatable bonds is 4. The lowest BCUT2D eigenvalue weighted by molar-refractivity contribution is -0.117. The Morgan fingerprint density at radius 2 is 1.59 bits per heavy atom. The maximum Gasteiger partial charge on any atom is 0.231 e. The molecule has 2 rings (SSSR count). The Balaban J connectivity index is 2.10. The van der Waals surface area contributed by atoms with Gasteiger partial charge in [-0.2, -0.15) is 0 Å². The predicted octanol–water partition coefficient (Wildman–Crippen LogP) is 4.48. The van der Waals surface area contributed by atoms with Gasteiger partial charge < -0.3 is 4.90 Å². The maximum absolute atomic E-state index is 12.4. The van der Waals surface area contributed by atoms with Crippen molar-refractivity contribution in [1.82, 2.24) is 0 Å². The summed E-state index contributed by atoms with van der Waals surface area (Å²) in [4.78, 5) is 14.2. The van der Waals surface area contributed by atoms with Crippen LogP contribution in [0.1, 0.15) is 31.9 Å². The number of hydrogen-bond donors (Lipinski definition) is 0. The van der Waals surface area contributed by atoms with Gasteiger partial charge in [-0.1, -0.05) is 63.2 Å². The van der Waals surface area contributed by atoms with Gasteiger partial charge in [0.25, 0.3) is 0 Å². The van der Waals surface area contributed by atoms with Crippen LogP contribution in [0.25, 0.3) is 0 Å². The minimum absolute atomic E-state index is 0.110. The average molecular weight is 295 g/mol. The zero-order chi connectivity index (χ0) is 16.2. The molecular weight excluding hydrogens is 270 g/mol. The molecule has 0 bridgehead atoms. The van der Waals surface area contributed by atoms with E-state index in [0.29, 0.717) is 6.42 Å². The Bertz CT molecular complexity index is 626. The molecule has 2 aromatic carbocycles. The predicted molar refractivity (Wildman–Crippen MR) is 93.2 cm³/mol. The van der Waals surface area contributed by atoms with Gasteiger partial charge in [-0.05, 0) is 35.1 Å². The zero-order valence-electron chi connectivity index (χ0n) is 14.0. The second-order valence-electron chi connectivity index (χ2n) is 7.02. The fourth-order valence-corrected chi connectivity index (χ4v) is 2.52. The molecule has 2 nitrogen and oxygen atoms in total. The van der Waals surface area contributed by atoms with Crippen LogP contribution >= 0.6 is 0 Å². The minimum Gasteiger partial charge on any atom is -0.315 e. The van der Waals surface area contributed by atoms with Crippen LogP contribution < -0.4 is 4.90 Å². The summed E-state index contributed by atoms with van der Waals surface area (Å²) in [6, 6.07) is 18.1. The Morgan fingerprint density at radius 3 is 2.23 bits per heavy atom. The molecule has 1 amide bonds. The second kappa shape index (κ2) is 6.78. The minimum atomic E-state index is 0.110. The van der Waals surface area contributed by atoms with Gasteiger partial charge in [-0.25, -0.2) is 0 Å². The molecule has 0 aliphatic rings. The van der Waals surface area contributed by atoms with Crippen molar-refractivity contribution in [3.8, 4) is 0 Å². The number of likely N-dealkylation sites (N-methyl/N-ethyl adjacent to an activating group) is 1. The molecule has 2 heteroatoms. The van der Waals surface area contributed by atoms with E-state index >= 15 is 0 Å². The van der Waals surface area contributed by atoms with Gasteiger partial charge in [0.15, 0.2) is 0 Å². The summed E-state index contributed by atoms with van der Waals surface area (Å²) < 4.78 is 0. The fourth-order valence-electron chi connectivity index (χ4n) is 2.52. The van der Waals surface area contributed by atoms with Crippen molar-refractivity contribution in [2.75, 3.05) is 11.9 Å². The van der Waals surface area contributed by atoms with E-state index in [-0.39, 0.29) is 11.3 Å². The maximum atomic E-state index is 12.4. The normalized spacial score (nSPS) is 11.3. The van der Waals surface area contributed by atoms with Gasteiger partial charge in [0.1, 0.15) is 0 Å². The fraction of sp³-hybridized carbons (Fsp3) is 0.350. The monoisotopic (exact) mass is 295 g/mol. The number of carbonyl (C=O) groups is 1. The molecule has 0 saturated heterocycles. The van der Waals surface area contributed by atoms with Crippen LogP contribution in [0.2, 0.25) is 0 Å². The molecule has 2 aromatic rings. The average Bonchev–Trinajstić information content (AvgIpc) is 2.46. The van der Waals surface area contributed by atoms with Crippen LogP contribution in [0.3, 0.4) is 0 Å². The molecule has 0 spiro atoms. The molecule has 0 aliphatic heterocycles. The Kier molecular flexibility index (Phi) is 5.02. The number of amides is 1. The van der Waals surface area contributed by atoms with Crippen molar-refractivity contribution in [2.24, 2.45) is 5.41 Å². The van der Waals surface area contributed by atoms with E-state index in [0.717, 1.165) is 17.7 Å². The highest BCUT2D eigenvalue weighted by Crippen LogP contribution is 2.23. The van der Waals surface area contributed by atoms with Gasteiger partial charge >= 0.3 is 0 Å². The Hall–Kier alpha value is -2.09. The lowest BCUT2D eigenvalue weighted by Gasteiger charge is -2.21. The van der Waals surface area contributed by atoms with E-state index in [1.807, 2.05) is 49.5 Å². The van der Waals surface area contributed by atoms with Crippen molar-refractivity contribution < 1.29 is 4.79 Å². The molecule has 0 unspecified atom stereocenters. The highest BCUT2D eigenvalue weighted by Gasteiger charge is 2.14. The van der Waals surface area contributed by atoms with Crippen LogP contribution in [0.4, 0.5) is 5.69 Å². The van der Waals surface area contributed by atoms with Crippen LogP contribution in [0.5, 0.6) is 0 Å². The third-order valence-corrected chi connectivity index (χ3v) is 3.60. The summed E-state index contributed by atoms with van der Waals surface area (Å²) in [7, 11) is 1.85.